The summed E-state index contributed by atoms with van der Waals surface area (Å²) in [6.07, 6.45) is 0. The zero-order valence-corrected chi connectivity index (χ0v) is 17.1. The van der Waals surface area contributed by atoms with Crippen molar-refractivity contribution >= 4 is 44.1 Å². The van der Waals surface area contributed by atoms with Crippen molar-refractivity contribution in [2.24, 2.45) is 0 Å². The van der Waals surface area contributed by atoms with Gasteiger partial charge < -0.3 is 14.8 Å². The minimum Gasteiger partial charge on any atom is -0.482 e. The van der Waals surface area contributed by atoms with Crippen molar-refractivity contribution in [3.8, 4) is 11.8 Å². The molecule has 0 fully saturated rings. The number of nitriles is 1. The maximum atomic E-state index is 12.2. The third kappa shape index (κ3) is 4.23. The number of aryl methyl sites for hydroxylation is 2. The molecule has 136 valence electrons. The number of anilines is 1. The lowest BCUT2D eigenvalue weighted by molar-refractivity contribution is -0.118. The van der Waals surface area contributed by atoms with Gasteiger partial charge in [0.1, 0.15) is 21.7 Å². The maximum absolute atomic E-state index is 12.2. The van der Waals surface area contributed by atoms with Gasteiger partial charge in [-0.25, -0.2) is 4.79 Å². The highest BCUT2D eigenvalue weighted by atomic mass is 79.9. The van der Waals surface area contributed by atoms with E-state index in [1.54, 1.807) is 6.92 Å². The summed E-state index contributed by atoms with van der Waals surface area (Å²) < 4.78 is 11.1. The lowest BCUT2D eigenvalue weighted by Gasteiger charge is -2.12. The number of rotatable bonds is 5. The molecule has 0 saturated heterocycles. The second kappa shape index (κ2) is 8.34. The van der Waals surface area contributed by atoms with Crippen molar-refractivity contribution in [2.45, 2.75) is 20.8 Å². The number of amides is 1. The number of carbonyl (C=O) groups is 2. The molecule has 1 aromatic heterocycles. The molecule has 0 bridgehead atoms. The number of thiophene rings is 1. The van der Waals surface area contributed by atoms with Gasteiger partial charge in [-0.2, -0.15) is 5.26 Å². The number of ether oxygens (including phenoxy) is 2. The first-order valence-electron chi connectivity index (χ1n) is 7.59. The Morgan fingerprint density at radius 3 is 2.58 bits per heavy atom. The largest absolute Gasteiger partial charge is 0.482 e. The summed E-state index contributed by atoms with van der Waals surface area (Å²) in [7, 11) is 1.27. The molecule has 26 heavy (non-hydrogen) atoms. The second-order valence-corrected chi connectivity index (χ2v) is 7.47. The molecule has 0 aliphatic rings. The van der Waals surface area contributed by atoms with Crippen LogP contribution in [0.1, 0.15) is 31.9 Å². The fourth-order valence-electron chi connectivity index (χ4n) is 2.41. The molecule has 1 aromatic carbocycles. The van der Waals surface area contributed by atoms with Crippen molar-refractivity contribution in [3.63, 3.8) is 0 Å². The molecule has 1 N–H and O–H groups in total. The topological polar surface area (TPSA) is 88.4 Å². The molecule has 8 heteroatoms. The van der Waals surface area contributed by atoms with Crippen LogP contribution in [0.2, 0.25) is 0 Å². The SMILES string of the molecule is COC(=O)c1sc(NC(=O)COc2c(C)cc(C)cc2Br)c(C#N)c1C. The molecule has 0 aliphatic carbocycles. The highest BCUT2D eigenvalue weighted by Crippen LogP contribution is 2.33. The summed E-state index contributed by atoms with van der Waals surface area (Å²) in [6.45, 7) is 5.28. The van der Waals surface area contributed by atoms with E-state index in [9.17, 15) is 14.9 Å². The maximum Gasteiger partial charge on any atom is 0.348 e. The Hall–Kier alpha value is -2.37. The van der Waals surface area contributed by atoms with Gasteiger partial charge in [0, 0.05) is 0 Å². The van der Waals surface area contributed by atoms with Crippen LogP contribution in [0, 0.1) is 32.1 Å². The van der Waals surface area contributed by atoms with Crippen molar-refractivity contribution in [3.05, 3.63) is 43.7 Å². The van der Waals surface area contributed by atoms with Gasteiger partial charge in [0.05, 0.1) is 17.1 Å². The Kier molecular flexibility index (Phi) is 6.40. The second-order valence-electron chi connectivity index (χ2n) is 5.59. The standard InChI is InChI=1S/C18H17BrN2O4S/c1-9-5-10(2)15(13(19)6-9)25-8-14(22)21-17-12(7-20)11(3)16(26-17)18(23)24-4/h5-6H,8H2,1-4H3,(H,21,22). The van der Waals surface area contributed by atoms with Crippen LogP contribution in [0.5, 0.6) is 5.75 Å². The van der Waals surface area contributed by atoms with E-state index in [2.05, 4.69) is 21.2 Å². The van der Waals surface area contributed by atoms with Crippen LogP contribution in [0.3, 0.4) is 0 Å². The van der Waals surface area contributed by atoms with E-state index in [-0.39, 0.29) is 17.0 Å². The average molecular weight is 437 g/mol. The molecule has 0 saturated carbocycles. The van der Waals surface area contributed by atoms with Crippen LogP contribution in [-0.4, -0.2) is 25.6 Å². The van der Waals surface area contributed by atoms with Crippen LogP contribution < -0.4 is 10.1 Å². The molecule has 0 unspecified atom stereocenters. The predicted octanol–water partition coefficient (Wildman–Crippen LogP) is 4.11. The zero-order valence-electron chi connectivity index (χ0n) is 14.7. The zero-order chi connectivity index (χ0) is 19.4. The van der Waals surface area contributed by atoms with E-state index in [4.69, 9.17) is 9.47 Å². The Morgan fingerprint density at radius 1 is 1.31 bits per heavy atom. The fourth-order valence-corrected chi connectivity index (χ4v) is 4.29. The number of methoxy groups -OCH3 is 1. The number of halogens is 1. The summed E-state index contributed by atoms with van der Waals surface area (Å²) >= 11 is 4.43. The number of esters is 1. The first-order valence-corrected chi connectivity index (χ1v) is 9.20. The molecule has 0 aliphatic heterocycles. The van der Waals surface area contributed by atoms with Gasteiger partial charge in [0.15, 0.2) is 6.61 Å². The minimum atomic E-state index is -0.542. The Bertz CT molecular complexity index is 892. The van der Waals surface area contributed by atoms with Crippen LogP contribution in [0.25, 0.3) is 0 Å². The van der Waals surface area contributed by atoms with Crippen LogP contribution in [0.4, 0.5) is 5.00 Å². The molecule has 2 rings (SSSR count). The minimum absolute atomic E-state index is 0.224. The van der Waals surface area contributed by atoms with E-state index in [1.165, 1.54) is 7.11 Å². The van der Waals surface area contributed by atoms with Crippen LogP contribution in [0.15, 0.2) is 16.6 Å². The smallest absolute Gasteiger partial charge is 0.348 e. The Labute approximate surface area is 163 Å². The van der Waals surface area contributed by atoms with Gasteiger partial charge in [-0.15, -0.1) is 11.3 Å². The number of nitrogens with zero attached hydrogens (tertiary/aromatic N) is 1. The summed E-state index contributed by atoms with van der Waals surface area (Å²) in [4.78, 5) is 24.3. The quantitative estimate of drug-likeness (QED) is 0.712. The average Bonchev–Trinajstić information content (AvgIpc) is 2.88. The lowest BCUT2D eigenvalue weighted by atomic mass is 10.1. The van der Waals surface area contributed by atoms with Gasteiger partial charge in [0.2, 0.25) is 0 Å². The molecule has 6 nitrogen and oxygen atoms in total. The first-order chi connectivity index (χ1) is 12.3. The van der Waals surface area contributed by atoms with E-state index >= 15 is 0 Å². The van der Waals surface area contributed by atoms with E-state index in [0.717, 1.165) is 26.9 Å². The van der Waals surface area contributed by atoms with E-state index < -0.39 is 11.9 Å². The third-order valence-electron chi connectivity index (χ3n) is 3.60. The normalized spacial score (nSPS) is 10.2. The molecule has 0 atom stereocenters. The van der Waals surface area contributed by atoms with Crippen molar-refractivity contribution in [2.75, 3.05) is 19.0 Å². The van der Waals surface area contributed by atoms with E-state index in [1.807, 2.05) is 32.0 Å². The summed E-state index contributed by atoms with van der Waals surface area (Å²) in [5, 5.41) is 12.2. The van der Waals surface area contributed by atoms with Crippen molar-refractivity contribution in [1.82, 2.24) is 0 Å². The molecule has 0 spiro atoms. The Morgan fingerprint density at radius 2 is 2.00 bits per heavy atom. The van der Waals surface area contributed by atoms with Gasteiger partial charge in [-0.05, 0) is 59.5 Å². The number of hydrogen-bond donors (Lipinski definition) is 1. The summed E-state index contributed by atoms with van der Waals surface area (Å²) in [5.74, 6) is -0.380. The highest BCUT2D eigenvalue weighted by Gasteiger charge is 2.22. The van der Waals surface area contributed by atoms with Crippen molar-refractivity contribution in [1.29, 1.82) is 5.26 Å². The molecule has 1 amide bonds. The van der Waals surface area contributed by atoms with E-state index in [0.29, 0.717) is 16.3 Å². The van der Waals surface area contributed by atoms with Gasteiger partial charge >= 0.3 is 5.97 Å². The van der Waals surface area contributed by atoms with Gasteiger partial charge in [0.25, 0.3) is 5.91 Å². The van der Waals surface area contributed by atoms with Crippen LogP contribution >= 0.6 is 27.3 Å². The van der Waals surface area contributed by atoms with Gasteiger partial charge in [-0.1, -0.05) is 6.07 Å². The first kappa shape index (κ1) is 19.9. The molecular formula is C18H17BrN2O4S. The number of hydrogen-bond acceptors (Lipinski definition) is 6. The lowest BCUT2D eigenvalue weighted by Crippen LogP contribution is -2.20. The number of benzene rings is 1. The number of nitrogens with one attached hydrogen (secondary N) is 1. The summed E-state index contributed by atoms with van der Waals surface area (Å²) in [5.41, 5.74) is 2.71. The molecule has 0 radical (unpaired) electrons. The fraction of sp³-hybridized carbons (Fsp3) is 0.278. The van der Waals surface area contributed by atoms with Gasteiger partial charge in [-0.3, -0.25) is 4.79 Å². The number of carbonyl (C=O) groups excluding carboxylic acids is 2. The monoisotopic (exact) mass is 436 g/mol. The Balaban J connectivity index is 2.14. The highest BCUT2D eigenvalue weighted by molar-refractivity contribution is 9.10. The van der Waals surface area contributed by atoms with Crippen molar-refractivity contribution < 1.29 is 19.1 Å². The summed E-state index contributed by atoms with van der Waals surface area (Å²) in [6, 6.07) is 5.86. The van der Waals surface area contributed by atoms with Crippen LogP contribution in [-0.2, 0) is 9.53 Å². The third-order valence-corrected chi connectivity index (χ3v) is 5.38. The molecule has 1 heterocycles. The predicted molar refractivity (Wildman–Crippen MR) is 103 cm³/mol. The molecule has 2 aromatic rings. The molecular weight excluding hydrogens is 420 g/mol.